The summed E-state index contributed by atoms with van der Waals surface area (Å²) >= 11 is 1.46. The normalized spacial score (nSPS) is 15.7. The third kappa shape index (κ3) is 2.94. The first-order valence-corrected chi connectivity index (χ1v) is 11.9. The summed E-state index contributed by atoms with van der Waals surface area (Å²) in [6, 6.07) is 23.9. The predicted molar refractivity (Wildman–Crippen MR) is 134 cm³/mol. The van der Waals surface area contributed by atoms with Crippen molar-refractivity contribution in [3.63, 3.8) is 0 Å². The number of hydrogen-bond acceptors (Lipinski definition) is 4. The zero-order chi connectivity index (χ0) is 23.6. The number of allylic oxidation sites excluding steroid dienone is 1. The molecule has 0 saturated heterocycles. The molecule has 0 atom stereocenters. The minimum atomic E-state index is -0.294. The Morgan fingerprint density at radius 3 is 2.18 bits per heavy atom. The molecule has 1 aromatic heterocycles. The van der Waals surface area contributed by atoms with E-state index in [0.29, 0.717) is 11.1 Å². The molecule has 0 unspecified atom stereocenters. The Kier molecular flexibility index (Phi) is 4.48. The second-order valence-electron chi connectivity index (χ2n) is 9.08. The van der Waals surface area contributed by atoms with Crippen molar-refractivity contribution in [3.05, 3.63) is 117 Å². The molecule has 6 rings (SSSR count). The molecule has 0 amide bonds. The van der Waals surface area contributed by atoms with Crippen LogP contribution in [0.2, 0.25) is 0 Å². The molecule has 0 radical (unpaired) electrons. The monoisotopic (exact) mass is 465 g/mol. The van der Waals surface area contributed by atoms with E-state index >= 15 is 0 Å². The Morgan fingerprint density at radius 2 is 1.44 bits per heavy atom. The Morgan fingerprint density at radius 1 is 0.794 bits per heavy atom. The van der Waals surface area contributed by atoms with Crippen LogP contribution < -0.4 is 4.90 Å². The van der Waals surface area contributed by atoms with E-state index in [0.717, 1.165) is 32.4 Å². The van der Waals surface area contributed by atoms with Crippen LogP contribution >= 0.6 is 11.3 Å². The van der Waals surface area contributed by atoms with E-state index in [-0.39, 0.29) is 28.4 Å². The number of rotatable bonds is 2. The van der Waals surface area contributed by atoms with Gasteiger partial charge in [0.25, 0.3) is 0 Å². The molecular formula is C29H20FNO2S. The van der Waals surface area contributed by atoms with Gasteiger partial charge < -0.3 is 4.90 Å². The summed E-state index contributed by atoms with van der Waals surface area (Å²) in [6.07, 6.45) is 1.67. The number of ketones is 2. The van der Waals surface area contributed by atoms with Gasteiger partial charge in [-0.05, 0) is 47.5 Å². The summed E-state index contributed by atoms with van der Waals surface area (Å²) in [7, 11) is 0. The Labute approximate surface area is 200 Å². The highest BCUT2D eigenvalue weighted by atomic mass is 32.1. The Balaban J connectivity index is 1.47. The topological polar surface area (TPSA) is 37.4 Å². The van der Waals surface area contributed by atoms with Crippen molar-refractivity contribution >= 4 is 45.4 Å². The zero-order valence-electron chi connectivity index (χ0n) is 18.6. The summed E-state index contributed by atoms with van der Waals surface area (Å²) in [5, 5.41) is 0.886. The van der Waals surface area contributed by atoms with Crippen molar-refractivity contribution in [2.24, 2.45) is 0 Å². The molecule has 0 spiro atoms. The highest BCUT2D eigenvalue weighted by Crippen LogP contribution is 2.53. The van der Waals surface area contributed by atoms with Crippen molar-refractivity contribution in [3.8, 4) is 0 Å². The van der Waals surface area contributed by atoms with Crippen LogP contribution in [0.15, 0.2) is 84.4 Å². The number of hydrogen-bond donors (Lipinski definition) is 0. The number of nitrogens with zero attached hydrogens (tertiary/aromatic N) is 1. The molecule has 1 aliphatic carbocycles. The molecule has 5 heteroatoms. The first kappa shape index (κ1) is 20.8. The highest BCUT2D eigenvalue weighted by molar-refractivity contribution is 7.17. The lowest BCUT2D eigenvalue weighted by molar-refractivity contribution is 0.0990. The zero-order valence-corrected chi connectivity index (χ0v) is 19.4. The number of carbonyl (C=O) groups is 2. The first-order chi connectivity index (χ1) is 16.4. The average Bonchev–Trinajstić information content (AvgIpc) is 3.38. The van der Waals surface area contributed by atoms with E-state index in [9.17, 15) is 14.0 Å². The molecule has 3 nitrogen and oxygen atoms in total. The van der Waals surface area contributed by atoms with Crippen molar-refractivity contribution in [1.82, 2.24) is 0 Å². The van der Waals surface area contributed by atoms with Crippen LogP contribution in [0.1, 0.15) is 50.6 Å². The van der Waals surface area contributed by atoms with Gasteiger partial charge >= 0.3 is 0 Å². The SMILES string of the molecule is CC1(C)c2ccccc2N(c2ccc(C=C3C(=O)c4ccccc4C3=O)s2)c2cc(F)ccc21. The minimum Gasteiger partial charge on any atom is -0.301 e. The summed E-state index contributed by atoms with van der Waals surface area (Å²) in [5.74, 6) is -0.779. The van der Waals surface area contributed by atoms with Crippen molar-refractivity contribution in [2.75, 3.05) is 4.90 Å². The van der Waals surface area contributed by atoms with Crippen LogP contribution in [0.3, 0.4) is 0 Å². The smallest absolute Gasteiger partial charge is 0.197 e. The van der Waals surface area contributed by atoms with Crippen LogP contribution in [-0.2, 0) is 5.41 Å². The predicted octanol–water partition coefficient (Wildman–Crippen LogP) is 7.46. The molecule has 34 heavy (non-hydrogen) atoms. The van der Waals surface area contributed by atoms with E-state index in [1.165, 1.54) is 17.4 Å². The van der Waals surface area contributed by atoms with Crippen LogP contribution in [0, 0.1) is 5.82 Å². The third-order valence-electron chi connectivity index (χ3n) is 6.72. The van der Waals surface area contributed by atoms with Gasteiger partial charge in [0.05, 0.1) is 16.9 Å². The molecule has 166 valence electrons. The lowest BCUT2D eigenvalue weighted by Crippen LogP contribution is -2.30. The number of anilines is 3. The first-order valence-electron chi connectivity index (χ1n) is 11.1. The molecule has 0 N–H and O–H groups in total. The quantitative estimate of drug-likeness (QED) is 0.228. The van der Waals surface area contributed by atoms with Crippen LogP contribution in [0.25, 0.3) is 6.08 Å². The Bertz CT molecular complexity index is 1510. The summed E-state index contributed by atoms with van der Waals surface area (Å²) in [4.78, 5) is 28.5. The molecule has 3 aromatic carbocycles. The maximum Gasteiger partial charge on any atom is 0.197 e. The van der Waals surface area contributed by atoms with Gasteiger partial charge in [0.2, 0.25) is 0 Å². The number of halogens is 1. The second-order valence-corrected chi connectivity index (χ2v) is 10.2. The standard InChI is InChI=1S/C29H20FNO2S/c1-29(2)22-9-5-6-10-24(22)31(25-15-17(30)11-13-23(25)29)26-14-12-18(34-26)16-21-27(32)19-7-3-4-8-20(19)28(21)33/h3-16H,1-2H3. The molecule has 1 aliphatic heterocycles. The van der Waals surface area contributed by atoms with Crippen LogP contribution in [-0.4, -0.2) is 11.6 Å². The molecule has 4 aromatic rings. The van der Waals surface area contributed by atoms with Gasteiger partial charge in [-0.3, -0.25) is 9.59 Å². The fraction of sp³-hybridized carbons (Fsp3) is 0.103. The number of benzene rings is 3. The van der Waals surface area contributed by atoms with Crippen molar-refractivity contribution in [1.29, 1.82) is 0 Å². The van der Waals surface area contributed by atoms with Crippen molar-refractivity contribution < 1.29 is 14.0 Å². The largest absolute Gasteiger partial charge is 0.301 e. The molecule has 2 heterocycles. The van der Waals surface area contributed by atoms with Crippen LogP contribution in [0.4, 0.5) is 20.8 Å². The molecule has 0 saturated carbocycles. The van der Waals surface area contributed by atoms with Gasteiger partial charge in [0, 0.05) is 21.4 Å². The number of Topliss-reactive ketones (excluding diaryl/α,β-unsaturated/α-hetero) is 2. The Hall–Kier alpha value is -3.83. The maximum absolute atomic E-state index is 14.4. The summed E-state index contributed by atoms with van der Waals surface area (Å²) < 4.78 is 14.4. The second kappa shape index (κ2) is 7.34. The van der Waals surface area contributed by atoms with Gasteiger partial charge in [-0.15, -0.1) is 11.3 Å². The van der Waals surface area contributed by atoms with E-state index in [1.54, 1.807) is 36.4 Å². The number of carbonyl (C=O) groups excluding carboxylic acids is 2. The molecule has 0 bridgehead atoms. The average molecular weight is 466 g/mol. The number of para-hydroxylation sites is 1. The summed E-state index contributed by atoms with van der Waals surface area (Å²) in [5.41, 5.74) is 4.78. The van der Waals surface area contributed by atoms with Crippen LogP contribution in [0.5, 0.6) is 0 Å². The van der Waals surface area contributed by atoms with Gasteiger partial charge in [0.1, 0.15) is 10.8 Å². The van der Waals surface area contributed by atoms with Gasteiger partial charge in [-0.1, -0.05) is 62.4 Å². The van der Waals surface area contributed by atoms with E-state index in [1.807, 2.05) is 36.4 Å². The van der Waals surface area contributed by atoms with E-state index < -0.39 is 0 Å². The lowest BCUT2D eigenvalue weighted by Gasteiger charge is -2.41. The fourth-order valence-corrected chi connectivity index (χ4v) is 5.99. The maximum atomic E-state index is 14.4. The van der Waals surface area contributed by atoms with Gasteiger partial charge in [0.15, 0.2) is 11.6 Å². The third-order valence-corrected chi connectivity index (χ3v) is 7.73. The van der Waals surface area contributed by atoms with Gasteiger partial charge in [-0.2, -0.15) is 0 Å². The molecule has 0 fully saturated rings. The lowest BCUT2D eigenvalue weighted by atomic mass is 9.74. The fourth-order valence-electron chi connectivity index (χ4n) is 5.01. The van der Waals surface area contributed by atoms with E-state index in [4.69, 9.17) is 0 Å². The highest BCUT2D eigenvalue weighted by Gasteiger charge is 2.37. The number of thiophene rings is 1. The molecular weight excluding hydrogens is 445 g/mol. The molecule has 2 aliphatic rings. The summed E-state index contributed by atoms with van der Waals surface area (Å²) in [6.45, 7) is 4.30. The minimum absolute atomic E-state index is 0.182. The number of fused-ring (bicyclic) bond motifs is 3. The van der Waals surface area contributed by atoms with Crippen molar-refractivity contribution in [2.45, 2.75) is 19.3 Å². The van der Waals surface area contributed by atoms with Gasteiger partial charge in [-0.25, -0.2) is 4.39 Å². The van der Waals surface area contributed by atoms with E-state index in [2.05, 4.69) is 24.8 Å².